The summed E-state index contributed by atoms with van der Waals surface area (Å²) >= 11 is 1.30. The molecule has 0 aliphatic rings. The van der Waals surface area contributed by atoms with Crippen LogP contribution in [0, 0.1) is 0 Å². The van der Waals surface area contributed by atoms with Crippen molar-refractivity contribution in [1.82, 2.24) is 10.3 Å². The number of benzene rings is 2. The molecule has 3 rings (SSSR count). The van der Waals surface area contributed by atoms with Gasteiger partial charge in [-0.25, -0.2) is 9.78 Å². The van der Waals surface area contributed by atoms with Crippen LogP contribution in [0.15, 0.2) is 72.1 Å². The van der Waals surface area contributed by atoms with E-state index >= 15 is 0 Å². The number of amides is 2. The number of carbonyl (C=O) groups excluding carboxylic acids is 3. The van der Waals surface area contributed by atoms with Crippen LogP contribution in [0.3, 0.4) is 0 Å². The fourth-order valence-electron chi connectivity index (χ4n) is 3.13. The molecule has 1 unspecified atom stereocenters. The zero-order chi connectivity index (χ0) is 23.6. The van der Waals surface area contributed by atoms with Gasteiger partial charge in [-0.2, -0.15) is 0 Å². The largest absolute Gasteiger partial charge is 0.464 e. The van der Waals surface area contributed by atoms with Crippen molar-refractivity contribution in [2.24, 2.45) is 0 Å². The summed E-state index contributed by atoms with van der Waals surface area (Å²) in [6.07, 6.45) is 3.19. The molecule has 1 N–H and O–H groups in total. The normalized spacial score (nSPS) is 11.7. The Morgan fingerprint density at radius 1 is 1.09 bits per heavy atom. The maximum atomic E-state index is 12.5. The SMILES string of the molecule is CCOC(=O)C(Cc1ccccc1)NC(=O)C=Cc1csc(N(C(C)=O)c2ccccc2)n1. The summed E-state index contributed by atoms with van der Waals surface area (Å²) in [4.78, 5) is 43.0. The Hall–Kier alpha value is -3.78. The van der Waals surface area contributed by atoms with Gasteiger partial charge in [-0.05, 0) is 30.7 Å². The van der Waals surface area contributed by atoms with Crippen LogP contribution >= 0.6 is 11.3 Å². The van der Waals surface area contributed by atoms with Crippen molar-refractivity contribution in [3.05, 3.63) is 83.4 Å². The lowest BCUT2D eigenvalue weighted by atomic mass is 10.1. The Morgan fingerprint density at radius 3 is 2.39 bits per heavy atom. The van der Waals surface area contributed by atoms with Gasteiger partial charge in [0.2, 0.25) is 11.8 Å². The Labute approximate surface area is 196 Å². The Balaban J connectivity index is 1.69. The van der Waals surface area contributed by atoms with Crippen molar-refractivity contribution in [3.8, 4) is 0 Å². The van der Waals surface area contributed by atoms with Crippen molar-refractivity contribution in [3.63, 3.8) is 0 Å². The average Bonchev–Trinajstić information content (AvgIpc) is 3.27. The Kier molecular flexibility index (Phi) is 8.49. The minimum Gasteiger partial charge on any atom is -0.464 e. The van der Waals surface area contributed by atoms with Crippen LogP contribution in [0.1, 0.15) is 25.1 Å². The van der Waals surface area contributed by atoms with Crippen LogP contribution in [0.25, 0.3) is 6.08 Å². The second-order valence-corrected chi connectivity index (χ2v) is 7.92. The number of nitrogens with zero attached hydrogens (tertiary/aromatic N) is 2. The number of rotatable bonds is 9. The monoisotopic (exact) mass is 463 g/mol. The number of esters is 1. The third-order valence-corrected chi connectivity index (χ3v) is 5.45. The molecule has 1 aromatic heterocycles. The zero-order valence-electron chi connectivity index (χ0n) is 18.4. The van der Waals surface area contributed by atoms with Crippen molar-refractivity contribution in [2.45, 2.75) is 26.3 Å². The molecule has 0 saturated heterocycles. The van der Waals surface area contributed by atoms with E-state index in [4.69, 9.17) is 4.74 Å². The number of anilines is 2. The smallest absolute Gasteiger partial charge is 0.328 e. The number of aromatic nitrogens is 1. The number of hydrogen-bond acceptors (Lipinski definition) is 6. The highest BCUT2D eigenvalue weighted by atomic mass is 32.1. The Morgan fingerprint density at radius 2 is 1.76 bits per heavy atom. The molecular formula is C25H25N3O4S. The van der Waals surface area contributed by atoms with Gasteiger partial charge in [0.15, 0.2) is 5.13 Å². The van der Waals surface area contributed by atoms with Gasteiger partial charge >= 0.3 is 5.97 Å². The third-order valence-electron chi connectivity index (χ3n) is 4.61. The molecule has 0 bridgehead atoms. The lowest BCUT2D eigenvalue weighted by Gasteiger charge is -2.17. The summed E-state index contributed by atoms with van der Waals surface area (Å²) in [5.41, 5.74) is 2.16. The van der Waals surface area contributed by atoms with Gasteiger partial charge in [0.1, 0.15) is 6.04 Å². The van der Waals surface area contributed by atoms with Gasteiger partial charge in [-0.3, -0.25) is 14.5 Å². The predicted octanol–water partition coefficient (Wildman–Crippen LogP) is 4.13. The van der Waals surface area contributed by atoms with Crippen LogP contribution in [0.4, 0.5) is 10.8 Å². The van der Waals surface area contributed by atoms with Gasteiger partial charge in [-0.15, -0.1) is 11.3 Å². The second-order valence-electron chi connectivity index (χ2n) is 7.08. The lowest BCUT2D eigenvalue weighted by molar-refractivity contribution is -0.147. The van der Waals surface area contributed by atoms with Crippen LogP contribution < -0.4 is 10.2 Å². The van der Waals surface area contributed by atoms with Gasteiger partial charge < -0.3 is 10.1 Å². The van der Waals surface area contributed by atoms with Crippen molar-refractivity contribution < 1.29 is 19.1 Å². The van der Waals surface area contributed by atoms with Crippen molar-refractivity contribution in [1.29, 1.82) is 0 Å². The molecule has 0 spiro atoms. The molecule has 0 aliphatic carbocycles. The number of para-hydroxylation sites is 1. The molecule has 1 heterocycles. The summed E-state index contributed by atoms with van der Waals surface area (Å²) < 4.78 is 5.11. The van der Waals surface area contributed by atoms with E-state index in [0.29, 0.717) is 22.9 Å². The number of thiazole rings is 1. The van der Waals surface area contributed by atoms with Gasteiger partial charge in [0, 0.05) is 24.8 Å². The maximum absolute atomic E-state index is 12.5. The highest BCUT2D eigenvalue weighted by molar-refractivity contribution is 7.14. The molecule has 3 aromatic rings. The van der Waals surface area contributed by atoms with Crippen LogP contribution in [0.5, 0.6) is 0 Å². The van der Waals surface area contributed by atoms with E-state index in [1.165, 1.54) is 29.2 Å². The third kappa shape index (κ3) is 6.85. The summed E-state index contributed by atoms with van der Waals surface area (Å²) in [5.74, 6) is -1.09. The molecule has 2 amide bonds. The number of ether oxygens (including phenoxy) is 1. The lowest BCUT2D eigenvalue weighted by Crippen LogP contribution is -2.42. The first kappa shape index (κ1) is 23.9. The highest BCUT2D eigenvalue weighted by Crippen LogP contribution is 2.29. The fourth-order valence-corrected chi connectivity index (χ4v) is 3.98. The maximum Gasteiger partial charge on any atom is 0.328 e. The van der Waals surface area contributed by atoms with E-state index in [1.54, 1.807) is 18.4 Å². The van der Waals surface area contributed by atoms with Crippen LogP contribution in [-0.4, -0.2) is 35.4 Å². The van der Waals surface area contributed by atoms with Gasteiger partial charge in [0.25, 0.3) is 0 Å². The second kappa shape index (κ2) is 11.7. The first-order valence-electron chi connectivity index (χ1n) is 10.5. The fraction of sp³-hybridized carbons (Fsp3) is 0.200. The van der Waals surface area contributed by atoms with Crippen LogP contribution in [-0.2, 0) is 25.5 Å². The predicted molar refractivity (Wildman–Crippen MR) is 129 cm³/mol. The van der Waals surface area contributed by atoms with E-state index in [2.05, 4.69) is 10.3 Å². The molecule has 0 fully saturated rings. The Bertz CT molecular complexity index is 1110. The molecule has 8 heteroatoms. The summed E-state index contributed by atoms with van der Waals surface area (Å²) in [5, 5.41) is 4.96. The van der Waals surface area contributed by atoms with Crippen LogP contribution in [0.2, 0.25) is 0 Å². The zero-order valence-corrected chi connectivity index (χ0v) is 19.2. The molecule has 0 aliphatic heterocycles. The topological polar surface area (TPSA) is 88.6 Å². The first-order chi connectivity index (χ1) is 16.0. The first-order valence-corrected chi connectivity index (χ1v) is 11.4. The molecule has 0 saturated carbocycles. The quantitative estimate of drug-likeness (QED) is 0.381. The van der Waals surface area contributed by atoms with E-state index in [-0.39, 0.29) is 12.5 Å². The van der Waals surface area contributed by atoms with E-state index in [9.17, 15) is 14.4 Å². The highest BCUT2D eigenvalue weighted by Gasteiger charge is 2.22. The van der Waals surface area contributed by atoms with Gasteiger partial charge in [-0.1, -0.05) is 48.5 Å². The standard InChI is InChI=1S/C25H25N3O4S/c1-3-32-24(31)22(16-19-10-6-4-7-11-19)27-23(30)15-14-20-17-33-25(26-20)28(18(2)29)21-12-8-5-9-13-21/h4-15,17,22H,3,16H2,1-2H3,(H,27,30). The molecule has 33 heavy (non-hydrogen) atoms. The molecule has 170 valence electrons. The molecule has 0 radical (unpaired) electrons. The number of hydrogen-bond donors (Lipinski definition) is 1. The minimum absolute atomic E-state index is 0.165. The number of nitrogens with one attached hydrogen (secondary N) is 1. The molecule has 2 aromatic carbocycles. The van der Waals surface area contributed by atoms with Crippen molar-refractivity contribution in [2.75, 3.05) is 11.5 Å². The molecule has 7 nitrogen and oxygen atoms in total. The summed E-state index contributed by atoms with van der Waals surface area (Å²) in [6.45, 7) is 3.42. The summed E-state index contributed by atoms with van der Waals surface area (Å²) in [6, 6.07) is 17.8. The van der Waals surface area contributed by atoms with E-state index in [0.717, 1.165) is 5.56 Å². The minimum atomic E-state index is -0.804. The average molecular weight is 464 g/mol. The molecular weight excluding hydrogens is 438 g/mol. The molecule has 1 atom stereocenters. The van der Waals surface area contributed by atoms with Crippen molar-refractivity contribution >= 4 is 46.0 Å². The van der Waals surface area contributed by atoms with E-state index in [1.807, 2.05) is 60.7 Å². The van der Waals surface area contributed by atoms with E-state index < -0.39 is 17.9 Å². The summed E-state index contributed by atoms with van der Waals surface area (Å²) in [7, 11) is 0. The number of carbonyl (C=O) groups is 3. The van der Waals surface area contributed by atoms with Gasteiger partial charge in [0.05, 0.1) is 18.0 Å².